The molecule has 0 aliphatic carbocycles. The average Bonchev–Trinajstić information content (AvgIpc) is 3.16. The van der Waals surface area contributed by atoms with Gasteiger partial charge in [-0.3, -0.25) is 14.5 Å². The van der Waals surface area contributed by atoms with Crippen LogP contribution in [0, 0.1) is 0 Å². The maximum Gasteiger partial charge on any atom is 0.418 e. The molecule has 0 spiro atoms. The Hall–Kier alpha value is -2.13. The highest BCUT2D eigenvalue weighted by molar-refractivity contribution is 6.30. The smallest absolute Gasteiger partial charge is 0.370 e. The first-order valence-corrected chi connectivity index (χ1v) is 9.18. The molecule has 10 heteroatoms. The van der Waals surface area contributed by atoms with Crippen LogP contribution in [-0.4, -0.2) is 45.8 Å². The molecule has 1 saturated heterocycles. The highest BCUT2D eigenvalue weighted by Gasteiger charge is 2.46. The van der Waals surface area contributed by atoms with Gasteiger partial charge in [0, 0.05) is 32.6 Å². The third-order valence-corrected chi connectivity index (χ3v) is 5.14. The van der Waals surface area contributed by atoms with Gasteiger partial charge >= 0.3 is 6.18 Å². The Kier molecular flexibility index (Phi) is 5.67. The molecule has 0 bridgehead atoms. The molecule has 152 valence electrons. The summed E-state index contributed by atoms with van der Waals surface area (Å²) in [7, 11) is 1.33. The first kappa shape index (κ1) is 20.6. The molecular formula is C18H20ClF3N4O2. The van der Waals surface area contributed by atoms with Crippen molar-refractivity contribution in [1.82, 2.24) is 19.7 Å². The topological polar surface area (TPSA) is 60.2 Å². The van der Waals surface area contributed by atoms with Crippen LogP contribution < -0.4 is 0 Å². The van der Waals surface area contributed by atoms with Crippen molar-refractivity contribution in [3.63, 3.8) is 0 Å². The second-order valence-electron chi connectivity index (χ2n) is 6.66. The molecule has 28 heavy (non-hydrogen) atoms. The molecule has 1 amide bonds. The summed E-state index contributed by atoms with van der Waals surface area (Å²) >= 11 is 5.75. The number of likely N-dealkylation sites (tertiary alicyclic amines) is 1. The van der Waals surface area contributed by atoms with E-state index < -0.39 is 17.3 Å². The van der Waals surface area contributed by atoms with Gasteiger partial charge in [0.05, 0.1) is 34.6 Å². The number of methoxy groups -OCH3 is 1. The maximum absolute atomic E-state index is 13.6. The lowest BCUT2D eigenvalue weighted by atomic mass is 9.86. The lowest BCUT2D eigenvalue weighted by molar-refractivity contribution is -0.143. The summed E-state index contributed by atoms with van der Waals surface area (Å²) in [6.07, 6.45) is 0.373. The van der Waals surface area contributed by atoms with E-state index in [0.29, 0.717) is 31.5 Å². The summed E-state index contributed by atoms with van der Waals surface area (Å²) in [5, 5.41) is 3.97. The van der Waals surface area contributed by atoms with Crippen molar-refractivity contribution in [2.45, 2.75) is 38.1 Å². The molecule has 3 heterocycles. The van der Waals surface area contributed by atoms with E-state index in [0.717, 1.165) is 6.07 Å². The Morgan fingerprint density at radius 1 is 1.39 bits per heavy atom. The van der Waals surface area contributed by atoms with Crippen LogP contribution in [-0.2, 0) is 23.1 Å². The van der Waals surface area contributed by atoms with E-state index in [-0.39, 0.29) is 23.2 Å². The van der Waals surface area contributed by atoms with Gasteiger partial charge in [0.25, 0.3) is 5.91 Å². The Balaban J connectivity index is 1.97. The summed E-state index contributed by atoms with van der Waals surface area (Å²) in [4.78, 5) is 18.3. The van der Waals surface area contributed by atoms with Gasteiger partial charge in [-0.15, -0.1) is 0 Å². The van der Waals surface area contributed by atoms with Crippen molar-refractivity contribution in [3.05, 3.63) is 46.5 Å². The molecule has 2 aromatic heterocycles. The van der Waals surface area contributed by atoms with E-state index in [4.69, 9.17) is 16.3 Å². The molecule has 0 radical (unpaired) electrons. The molecule has 0 saturated carbocycles. The first-order valence-electron chi connectivity index (χ1n) is 8.80. The van der Waals surface area contributed by atoms with Gasteiger partial charge in [-0.25, -0.2) is 0 Å². The molecule has 1 aliphatic heterocycles. The van der Waals surface area contributed by atoms with Crippen LogP contribution in [0.25, 0.3) is 0 Å². The van der Waals surface area contributed by atoms with E-state index in [1.54, 1.807) is 10.9 Å². The molecule has 1 unspecified atom stereocenters. The minimum atomic E-state index is -4.65. The predicted molar refractivity (Wildman–Crippen MR) is 96.0 cm³/mol. The quantitative estimate of drug-likeness (QED) is 0.761. The van der Waals surface area contributed by atoms with E-state index in [1.807, 2.05) is 6.92 Å². The van der Waals surface area contributed by atoms with Crippen LogP contribution >= 0.6 is 11.6 Å². The van der Waals surface area contributed by atoms with Crippen LogP contribution in [0.15, 0.2) is 24.7 Å². The molecule has 1 aliphatic rings. The SMILES string of the molecule is CCn1cc(C(=O)N2CCCC(OC)(c3ncc(Cl)cc3C(F)(F)F)C2)cn1. The number of alkyl halides is 3. The zero-order valence-electron chi connectivity index (χ0n) is 15.5. The van der Waals surface area contributed by atoms with Gasteiger partial charge in [-0.1, -0.05) is 11.6 Å². The van der Waals surface area contributed by atoms with Crippen LogP contribution in [0.2, 0.25) is 5.02 Å². The van der Waals surface area contributed by atoms with Gasteiger partial charge in [0.15, 0.2) is 0 Å². The number of carbonyl (C=O) groups excluding carboxylic acids is 1. The third-order valence-electron chi connectivity index (χ3n) is 4.93. The Labute approximate surface area is 165 Å². The molecule has 1 atom stereocenters. The maximum atomic E-state index is 13.6. The van der Waals surface area contributed by atoms with Crippen LogP contribution in [0.5, 0.6) is 0 Å². The normalized spacial score (nSPS) is 20.4. The Morgan fingerprint density at radius 2 is 2.14 bits per heavy atom. The van der Waals surface area contributed by atoms with Gasteiger partial charge in [-0.05, 0) is 25.8 Å². The number of piperidine rings is 1. The number of ether oxygens (including phenoxy) is 1. The fourth-order valence-electron chi connectivity index (χ4n) is 3.50. The number of hydrogen-bond donors (Lipinski definition) is 0. The summed E-state index contributed by atoms with van der Waals surface area (Å²) in [6.45, 7) is 2.87. The third kappa shape index (κ3) is 3.86. The van der Waals surface area contributed by atoms with Crippen molar-refractivity contribution in [1.29, 1.82) is 0 Å². The lowest BCUT2D eigenvalue weighted by Crippen LogP contribution is -2.50. The summed E-state index contributed by atoms with van der Waals surface area (Å²) < 4.78 is 48.0. The van der Waals surface area contributed by atoms with Crippen molar-refractivity contribution in [2.75, 3.05) is 20.2 Å². The minimum Gasteiger partial charge on any atom is -0.370 e. The number of amides is 1. The number of carbonyl (C=O) groups is 1. The van der Waals surface area contributed by atoms with Crippen LogP contribution in [0.4, 0.5) is 13.2 Å². The summed E-state index contributed by atoms with van der Waals surface area (Å²) in [5.41, 5.74) is -2.19. The molecule has 6 nitrogen and oxygen atoms in total. The number of halogens is 4. The standard InChI is InChI=1S/C18H20ClF3N4O2/c1-3-26-10-12(8-24-26)16(27)25-6-4-5-17(11-25,28-2)15-14(18(20,21)22)7-13(19)9-23-15/h7-10H,3-6,11H2,1-2H3. The second kappa shape index (κ2) is 7.71. The van der Waals surface area contributed by atoms with Crippen molar-refractivity contribution >= 4 is 17.5 Å². The molecule has 2 aromatic rings. The molecular weight excluding hydrogens is 397 g/mol. The van der Waals surface area contributed by atoms with E-state index in [1.165, 1.54) is 24.4 Å². The zero-order valence-corrected chi connectivity index (χ0v) is 16.2. The summed E-state index contributed by atoms with van der Waals surface area (Å²) in [5.74, 6) is -0.302. The van der Waals surface area contributed by atoms with Gasteiger partial charge < -0.3 is 9.64 Å². The second-order valence-corrected chi connectivity index (χ2v) is 7.10. The Bertz CT molecular complexity index is 871. The highest BCUT2D eigenvalue weighted by atomic mass is 35.5. The number of rotatable bonds is 4. The number of hydrogen-bond acceptors (Lipinski definition) is 4. The minimum absolute atomic E-state index is 0.0443. The highest BCUT2D eigenvalue weighted by Crippen LogP contribution is 2.42. The van der Waals surface area contributed by atoms with Crippen LogP contribution in [0.3, 0.4) is 0 Å². The van der Waals surface area contributed by atoms with Crippen molar-refractivity contribution in [3.8, 4) is 0 Å². The van der Waals surface area contributed by atoms with E-state index in [9.17, 15) is 18.0 Å². The first-order chi connectivity index (χ1) is 13.2. The molecule has 0 N–H and O–H groups in total. The molecule has 1 fully saturated rings. The molecule has 0 aromatic carbocycles. The Morgan fingerprint density at radius 3 is 2.75 bits per heavy atom. The van der Waals surface area contributed by atoms with Crippen LogP contribution in [0.1, 0.15) is 41.4 Å². The number of nitrogens with zero attached hydrogens (tertiary/aromatic N) is 4. The average molecular weight is 417 g/mol. The number of pyridine rings is 1. The van der Waals surface area contributed by atoms with Gasteiger partial charge in [-0.2, -0.15) is 18.3 Å². The van der Waals surface area contributed by atoms with Crippen molar-refractivity contribution in [2.24, 2.45) is 0 Å². The molecule has 3 rings (SSSR count). The van der Waals surface area contributed by atoms with Crippen molar-refractivity contribution < 1.29 is 22.7 Å². The zero-order chi connectivity index (χ0) is 20.5. The van der Waals surface area contributed by atoms with Gasteiger partial charge in [0.2, 0.25) is 0 Å². The predicted octanol–water partition coefficient (Wildman–Crippen LogP) is 3.75. The lowest BCUT2D eigenvalue weighted by Gasteiger charge is -2.42. The summed E-state index contributed by atoms with van der Waals surface area (Å²) in [6, 6.07) is 0.844. The largest absolute Gasteiger partial charge is 0.418 e. The van der Waals surface area contributed by atoms with Gasteiger partial charge in [0.1, 0.15) is 5.60 Å². The van der Waals surface area contributed by atoms with E-state index >= 15 is 0 Å². The fraction of sp³-hybridized carbons (Fsp3) is 0.500. The monoisotopic (exact) mass is 416 g/mol. The number of aryl methyl sites for hydroxylation is 1. The van der Waals surface area contributed by atoms with E-state index in [2.05, 4.69) is 10.1 Å². The number of aromatic nitrogens is 3. The fourth-order valence-corrected chi connectivity index (χ4v) is 3.66.